The molecule has 19 heavy (non-hydrogen) atoms. The number of nitrogens with zero attached hydrogens (tertiary/aromatic N) is 3. The van der Waals surface area contributed by atoms with E-state index in [2.05, 4.69) is 5.32 Å². The largest absolute Gasteiger partial charge is 0.345 e. The Morgan fingerprint density at radius 1 is 0.842 bits per heavy atom. The van der Waals surface area contributed by atoms with Crippen molar-refractivity contribution in [3.8, 4) is 18.2 Å². The van der Waals surface area contributed by atoms with Crippen LogP contribution in [0.4, 0.5) is 5.69 Å². The molecule has 2 aromatic carbocycles. The first-order chi connectivity index (χ1) is 9.28. The second kappa shape index (κ2) is 5.36. The lowest BCUT2D eigenvalue weighted by atomic mass is 10.1. The molecule has 0 aliphatic carbocycles. The lowest BCUT2D eigenvalue weighted by molar-refractivity contribution is 1.37. The molecule has 1 N–H and O–H groups in total. The van der Waals surface area contributed by atoms with Crippen LogP contribution >= 0.6 is 0 Å². The number of allylic oxidation sites excluding steroid dienone is 2. The van der Waals surface area contributed by atoms with Crippen LogP contribution in [0.2, 0.25) is 0 Å². The molecule has 0 aliphatic rings. The van der Waals surface area contributed by atoms with Gasteiger partial charge in [0.15, 0.2) is 5.57 Å². The number of benzene rings is 2. The predicted octanol–water partition coefficient (Wildman–Crippen LogP) is 3.08. The summed E-state index contributed by atoms with van der Waals surface area (Å²) in [5, 5.41) is 31.4. The van der Waals surface area contributed by atoms with Gasteiger partial charge in [0.05, 0.1) is 0 Å². The molecule has 0 aromatic heterocycles. The summed E-state index contributed by atoms with van der Waals surface area (Å²) in [5.41, 5.74) is 0.397. The van der Waals surface area contributed by atoms with Crippen LogP contribution in [-0.2, 0) is 0 Å². The molecule has 4 nitrogen and oxygen atoms in total. The zero-order chi connectivity index (χ0) is 13.7. The van der Waals surface area contributed by atoms with Crippen molar-refractivity contribution >= 4 is 16.5 Å². The standard InChI is InChI=1S/C15H8N4/c16-8-13(9-17)15(10-18)19-14-6-5-11-3-1-2-4-12(11)7-14/h1-7,19H. The fourth-order valence-electron chi connectivity index (χ4n) is 1.69. The number of rotatable bonds is 2. The highest BCUT2D eigenvalue weighted by atomic mass is 14.9. The molecular formula is C15H8N4. The molecular weight excluding hydrogens is 236 g/mol. The fraction of sp³-hybridized carbons (Fsp3) is 0. The maximum atomic E-state index is 8.96. The van der Waals surface area contributed by atoms with E-state index in [1.54, 1.807) is 18.2 Å². The molecule has 0 radical (unpaired) electrons. The van der Waals surface area contributed by atoms with Crippen LogP contribution in [0.1, 0.15) is 0 Å². The Bertz CT molecular complexity index is 766. The van der Waals surface area contributed by atoms with Crippen molar-refractivity contribution in [3.05, 3.63) is 53.7 Å². The summed E-state index contributed by atoms with van der Waals surface area (Å²) in [7, 11) is 0. The minimum Gasteiger partial charge on any atom is -0.345 e. The molecule has 0 heterocycles. The quantitative estimate of drug-likeness (QED) is 0.823. The van der Waals surface area contributed by atoms with E-state index in [1.807, 2.05) is 42.5 Å². The van der Waals surface area contributed by atoms with E-state index in [9.17, 15) is 0 Å². The first kappa shape index (κ1) is 12.2. The molecule has 0 bridgehead atoms. The minimum atomic E-state index is -0.226. The molecule has 0 atom stereocenters. The Morgan fingerprint density at radius 3 is 2.16 bits per heavy atom. The predicted molar refractivity (Wildman–Crippen MR) is 71.4 cm³/mol. The Balaban J connectivity index is 2.42. The highest BCUT2D eigenvalue weighted by molar-refractivity contribution is 5.86. The van der Waals surface area contributed by atoms with Gasteiger partial charge in [-0.25, -0.2) is 0 Å². The Morgan fingerprint density at radius 2 is 1.53 bits per heavy atom. The summed E-state index contributed by atoms with van der Waals surface area (Å²) in [6, 6.07) is 18.6. The van der Waals surface area contributed by atoms with Crippen LogP contribution < -0.4 is 5.32 Å². The highest BCUT2D eigenvalue weighted by Gasteiger charge is 2.06. The van der Waals surface area contributed by atoms with Gasteiger partial charge in [0.25, 0.3) is 0 Å². The van der Waals surface area contributed by atoms with Crippen molar-refractivity contribution in [1.82, 2.24) is 0 Å². The van der Waals surface area contributed by atoms with Gasteiger partial charge in [0.2, 0.25) is 0 Å². The third-order valence-electron chi connectivity index (χ3n) is 2.60. The van der Waals surface area contributed by atoms with E-state index in [-0.39, 0.29) is 11.3 Å². The number of anilines is 1. The van der Waals surface area contributed by atoms with Crippen molar-refractivity contribution in [2.45, 2.75) is 0 Å². The van der Waals surface area contributed by atoms with E-state index in [0.717, 1.165) is 10.8 Å². The fourth-order valence-corrected chi connectivity index (χ4v) is 1.69. The zero-order valence-corrected chi connectivity index (χ0v) is 9.88. The number of nitriles is 3. The summed E-state index contributed by atoms with van der Waals surface area (Å²) in [6.45, 7) is 0. The summed E-state index contributed by atoms with van der Waals surface area (Å²) in [5.74, 6) is 0. The van der Waals surface area contributed by atoms with Gasteiger partial charge in [-0.2, -0.15) is 15.8 Å². The van der Waals surface area contributed by atoms with Gasteiger partial charge >= 0.3 is 0 Å². The third-order valence-corrected chi connectivity index (χ3v) is 2.60. The molecule has 88 valence electrons. The molecule has 0 amide bonds. The second-order valence-electron chi connectivity index (χ2n) is 3.77. The summed E-state index contributed by atoms with van der Waals surface area (Å²) >= 11 is 0. The molecule has 2 aromatic rings. The maximum Gasteiger partial charge on any atom is 0.163 e. The number of fused-ring (bicyclic) bond motifs is 1. The zero-order valence-electron chi connectivity index (χ0n) is 9.88. The van der Waals surface area contributed by atoms with E-state index in [1.165, 1.54) is 0 Å². The van der Waals surface area contributed by atoms with Gasteiger partial charge in [0, 0.05) is 5.69 Å². The lowest BCUT2D eigenvalue weighted by Crippen LogP contribution is -2.00. The van der Waals surface area contributed by atoms with Gasteiger partial charge in [-0.3, -0.25) is 0 Å². The van der Waals surface area contributed by atoms with E-state index < -0.39 is 0 Å². The first-order valence-electron chi connectivity index (χ1n) is 5.49. The first-order valence-corrected chi connectivity index (χ1v) is 5.49. The SMILES string of the molecule is N#CC(C#N)=C(C#N)Nc1ccc2ccccc2c1. The molecule has 0 saturated heterocycles. The van der Waals surface area contributed by atoms with Crippen LogP contribution in [0, 0.1) is 34.0 Å². The number of hydrogen-bond acceptors (Lipinski definition) is 4. The topological polar surface area (TPSA) is 83.4 Å². The second-order valence-corrected chi connectivity index (χ2v) is 3.77. The monoisotopic (exact) mass is 244 g/mol. The number of nitrogens with one attached hydrogen (secondary N) is 1. The Labute approximate surface area is 110 Å². The molecule has 0 aliphatic heterocycles. The van der Waals surface area contributed by atoms with Gasteiger partial charge in [-0.05, 0) is 22.9 Å². The molecule has 4 heteroatoms. The molecule has 0 spiro atoms. The summed E-state index contributed by atoms with van der Waals surface area (Å²) in [4.78, 5) is 0. The van der Waals surface area contributed by atoms with Gasteiger partial charge in [0.1, 0.15) is 23.9 Å². The molecule has 0 fully saturated rings. The summed E-state index contributed by atoms with van der Waals surface area (Å²) in [6.07, 6.45) is 0. The maximum absolute atomic E-state index is 8.96. The smallest absolute Gasteiger partial charge is 0.163 e. The average Bonchev–Trinajstić information content (AvgIpc) is 2.47. The molecule has 2 rings (SSSR count). The lowest BCUT2D eigenvalue weighted by Gasteiger charge is -2.06. The Kier molecular flexibility index (Phi) is 3.44. The van der Waals surface area contributed by atoms with Gasteiger partial charge < -0.3 is 5.32 Å². The van der Waals surface area contributed by atoms with Crippen molar-refractivity contribution in [2.75, 3.05) is 5.32 Å². The van der Waals surface area contributed by atoms with Crippen molar-refractivity contribution in [2.24, 2.45) is 0 Å². The summed E-state index contributed by atoms with van der Waals surface area (Å²) < 4.78 is 0. The van der Waals surface area contributed by atoms with E-state index >= 15 is 0 Å². The van der Waals surface area contributed by atoms with Crippen LogP contribution in [0.3, 0.4) is 0 Å². The number of hydrogen-bond donors (Lipinski definition) is 1. The van der Waals surface area contributed by atoms with Crippen molar-refractivity contribution < 1.29 is 0 Å². The van der Waals surface area contributed by atoms with E-state index in [0.29, 0.717) is 5.69 Å². The third kappa shape index (κ3) is 2.52. The van der Waals surface area contributed by atoms with Crippen molar-refractivity contribution in [3.63, 3.8) is 0 Å². The van der Waals surface area contributed by atoms with Crippen LogP contribution in [-0.4, -0.2) is 0 Å². The molecule has 0 saturated carbocycles. The van der Waals surface area contributed by atoms with Gasteiger partial charge in [-0.1, -0.05) is 30.3 Å². The van der Waals surface area contributed by atoms with Crippen LogP contribution in [0.25, 0.3) is 10.8 Å². The van der Waals surface area contributed by atoms with Crippen molar-refractivity contribution in [1.29, 1.82) is 15.8 Å². The highest BCUT2D eigenvalue weighted by Crippen LogP contribution is 2.20. The molecule has 0 unspecified atom stereocenters. The van der Waals surface area contributed by atoms with Crippen LogP contribution in [0.15, 0.2) is 53.7 Å². The van der Waals surface area contributed by atoms with Crippen LogP contribution in [0.5, 0.6) is 0 Å². The van der Waals surface area contributed by atoms with E-state index in [4.69, 9.17) is 15.8 Å². The van der Waals surface area contributed by atoms with Gasteiger partial charge in [-0.15, -0.1) is 0 Å². The Hall–Kier alpha value is -3.29. The normalized spacial score (nSPS) is 8.89. The minimum absolute atomic E-state index is 0.0414. The average molecular weight is 244 g/mol.